The second-order valence-electron chi connectivity index (χ2n) is 16.9. The Hall–Kier alpha value is -8.92. The zero-order chi connectivity index (χ0) is 44.5. The van der Waals surface area contributed by atoms with Crippen LogP contribution in [0.4, 0.5) is 0 Å². The monoisotopic (exact) mass is 854 g/mol. The molecular formula is C64H42N2O. The van der Waals surface area contributed by atoms with Crippen LogP contribution >= 0.6 is 0 Å². The lowest BCUT2D eigenvalue weighted by Gasteiger charge is -2.20. The van der Waals surface area contributed by atoms with Gasteiger partial charge in [0.05, 0.1) is 11.4 Å². The van der Waals surface area contributed by atoms with Crippen LogP contribution in [-0.2, 0) is 0 Å². The van der Waals surface area contributed by atoms with Gasteiger partial charge in [-0.2, -0.15) is 0 Å². The quantitative estimate of drug-likeness (QED) is 0.145. The summed E-state index contributed by atoms with van der Waals surface area (Å²) in [5.74, 6) is 0.690. The summed E-state index contributed by atoms with van der Waals surface area (Å²) < 4.78 is 6.30. The molecule has 0 saturated carbocycles. The molecule has 0 amide bonds. The van der Waals surface area contributed by atoms with Crippen molar-refractivity contribution >= 4 is 21.9 Å². The van der Waals surface area contributed by atoms with Crippen LogP contribution in [0.15, 0.2) is 259 Å². The lowest BCUT2D eigenvalue weighted by Crippen LogP contribution is -1.96. The molecule has 0 aliphatic heterocycles. The Bertz CT molecular complexity index is 3710. The van der Waals surface area contributed by atoms with Gasteiger partial charge in [0.1, 0.15) is 11.2 Å². The predicted molar refractivity (Wildman–Crippen MR) is 278 cm³/mol. The van der Waals surface area contributed by atoms with Gasteiger partial charge < -0.3 is 4.42 Å². The topological polar surface area (TPSA) is 38.9 Å². The molecule has 10 aromatic carbocycles. The first-order valence-electron chi connectivity index (χ1n) is 22.7. The van der Waals surface area contributed by atoms with E-state index in [-0.39, 0.29) is 0 Å². The van der Waals surface area contributed by atoms with Crippen LogP contribution in [0.1, 0.15) is 0 Å². The van der Waals surface area contributed by atoms with Gasteiger partial charge in [0.2, 0.25) is 0 Å². The van der Waals surface area contributed by atoms with Crippen molar-refractivity contribution in [2.75, 3.05) is 0 Å². The molecule has 0 fully saturated rings. The predicted octanol–water partition coefficient (Wildman–Crippen LogP) is 17.4. The molecule has 12 rings (SSSR count). The van der Waals surface area contributed by atoms with Crippen LogP contribution in [0.2, 0.25) is 0 Å². The maximum absolute atomic E-state index is 6.30. The van der Waals surface area contributed by atoms with Gasteiger partial charge in [-0.05, 0) is 115 Å². The van der Waals surface area contributed by atoms with E-state index in [1.807, 2.05) is 36.4 Å². The normalized spacial score (nSPS) is 11.3. The van der Waals surface area contributed by atoms with Crippen molar-refractivity contribution in [3.63, 3.8) is 0 Å². The molecule has 2 aromatic heterocycles. The van der Waals surface area contributed by atoms with E-state index in [2.05, 4.69) is 218 Å². The highest BCUT2D eigenvalue weighted by molar-refractivity contribution is 6.08. The smallest absolute Gasteiger partial charge is 0.160 e. The Labute approximate surface area is 390 Å². The van der Waals surface area contributed by atoms with Gasteiger partial charge in [0, 0.05) is 27.5 Å². The minimum atomic E-state index is 0.690. The Morgan fingerprint density at radius 2 is 0.672 bits per heavy atom. The summed E-state index contributed by atoms with van der Waals surface area (Å²) in [6, 6.07) is 90.3. The van der Waals surface area contributed by atoms with E-state index in [1.54, 1.807) is 0 Å². The number of aromatic nitrogens is 2. The van der Waals surface area contributed by atoms with Crippen LogP contribution in [0.5, 0.6) is 0 Å². The molecule has 0 unspecified atom stereocenters. The van der Waals surface area contributed by atoms with E-state index in [0.29, 0.717) is 5.82 Å². The third-order valence-corrected chi connectivity index (χ3v) is 12.7. The molecule has 0 N–H and O–H groups in total. The van der Waals surface area contributed by atoms with Crippen LogP contribution in [-0.4, -0.2) is 9.97 Å². The van der Waals surface area contributed by atoms with Crippen molar-refractivity contribution in [2.45, 2.75) is 0 Å². The molecule has 0 spiro atoms. The van der Waals surface area contributed by atoms with Crippen molar-refractivity contribution < 1.29 is 4.42 Å². The van der Waals surface area contributed by atoms with Crippen LogP contribution in [0.25, 0.3) is 123 Å². The molecule has 12 aromatic rings. The minimum absolute atomic E-state index is 0.690. The first-order valence-corrected chi connectivity index (χ1v) is 22.7. The summed E-state index contributed by atoms with van der Waals surface area (Å²) in [6.45, 7) is 0. The highest BCUT2D eigenvalue weighted by Gasteiger charge is 2.20. The van der Waals surface area contributed by atoms with Gasteiger partial charge in [-0.3, -0.25) is 0 Å². The number of hydrogen-bond acceptors (Lipinski definition) is 3. The second-order valence-corrected chi connectivity index (χ2v) is 16.9. The average molecular weight is 855 g/mol. The summed E-state index contributed by atoms with van der Waals surface area (Å²) in [4.78, 5) is 10.3. The van der Waals surface area contributed by atoms with Gasteiger partial charge in [-0.1, -0.05) is 206 Å². The van der Waals surface area contributed by atoms with Crippen molar-refractivity contribution in [1.29, 1.82) is 0 Å². The number of nitrogens with zero attached hydrogens (tertiary/aromatic N) is 2. The van der Waals surface area contributed by atoms with Gasteiger partial charge in [0.15, 0.2) is 5.82 Å². The fraction of sp³-hybridized carbons (Fsp3) is 0. The van der Waals surface area contributed by atoms with E-state index < -0.39 is 0 Å². The zero-order valence-corrected chi connectivity index (χ0v) is 36.6. The van der Waals surface area contributed by atoms with Gasteiger partial charge in [0.25, 0.3) is 0 Å². The molecule has 2 heterocycles. The zero-order valence-electron chi connectivity index (χ0n) is 36.6. The largest absolute Gasteiger partial charge is 0.456 e. The molecule has 0 radical (unpaired) electrons. The standard InChI is InChI=1S/C64H42N2O/c1-5-17-43(18-6-1)45-31-33-46(34-32-45)59-42-60(66-64(65-59)48-23-11-4-12-24-48)53-28-16-26-50(38-53)49-25-15-27-51(37-49)56-40-54(44-19-7-2-8-20-44)41-57(63(56)47-21-9-3-10-22-47)52-35-36-62-58(39-52)55-29-13-14-30-61(55)67-62/h1-42H. The molecule has 0 saturated heterocycles. The summed E-state index contributed by atoms with van der Waals surface area (Å²) in [5, 5.41) is 2.22. The van der Waals surface area contributed by atoms with E-state index >= 15 is 0 Å². The first-order chi connectivity index (χ1) is 33.2. The third-order valence-electron chi connectivity index (χ3n) is 12.7. The summed E-state index contributed by atoms with van der Waals surface area (Å²) in [6.07, 6.45) is 0. The van der Waals surface area contributed by atoms with Crippen molar-refractivity contribution in [3.8, 4) is 101 Å². The van der Waals surface area contributed by atoms with Crippen LogP contribution in [0.3, 0.4) is 0 Å². The van der Waals surface area contributed by atoms with Crippen LogP contribution in [0, 0.1) is 0 Å². The molecule has 314 valence electrons. The molecule has 0 bridgehead atoms. The maximum atomic E-state index is 6.30. The van der Waals surface area contributed by atoms with Gasteiger partial charge >= 0.3 is 0 Å². The number of para-hydroxylation sites is 1. The minimum Gasteiger partial charge on any atom is -0.456 e. The number of fused-ring (bicyclic) bond motifs is 3. The summed E-state index contributed by atoms with van der Waals surface area (Å²) in [5.41, 5.74) is 20.3. The Balaban J connectivity index is 0.992. The molecular weight excluding hydrogens is 813 g/mol. The third kappa shape index (κ3) is 7.79. The van der Waals surface area contributed by atoms with Crippen molar-refractivity contribution in [1.82, 2.24) is 9.97 Å². The number of furan rings is 1. The molecule has 0 aliphatic rings. The fourth-order valence-corrected chi connectivity index (χ4v) is 9.35. The van der Waals surface area contributed by atoms with E-state index in [4.69, 9.17) is 14.4 Å². The van der Waals surface area contributed by atoms with E-state index in [0.717, 1.165) is 100 Å². The molecule has 0 aliphatic carbocycles. The highest BCUT2D eigenvalue weighted by Crippen LogP contribution is 2.45. The van der Waals surface area contributed by atoms with E-state index in [9.17, 15) is 0 Å². The fourth-order valence-electron chi connectivity index (χ4n) is 9.35. The van der Waals surface area contributed by atoms with Gasteiger partial charge in [-0.15, -0.1) is 0 Å². The lowest BCUT2D eigenvalue weighted by atomic mass is 9.84. The number of hydrogen-bond donors (Lipinski definition) is 0. The summed E-state index contributed by atoms with van der Waals surface area (Å²) in [7, 11) is 0. The highest BCUT2D eigenvalue weighted by atomic mass is 16.3. The summed E-state index contributed by atoms with van der Waals surface area (Å²) >= 11 is 0. The van der Waals surface area contributed by atoms with Gasteiger partial charge in [-0.25, -0.2) is 9.97 Å². The molecule has 0 atom stereocenters. The SMILES string of the molecule is c1ccc(-c2ccc(-c3cc(-c4cccc(-c5cccc(-c6cc(-c7ccccc7)cc(-c7ccc8oc9ccccc9c8c7)c6-c6ccccc6)c5)c4)nc(-c4ccccc4)n3)cc2)cc1. The molecule has 3 heteroatoms. The number of benzene rings is 10. The average Bonchev–Trinajstić information content (AvgIpc) is 3.79. The van der Waals surface area contributed by atoms with Crippen molar-refractivity contribution in [2.24, 2.45) is 0 Å². The Morgan fingerprint density at radius 1 is 0.239 bits per heavy atom. The van der Waals surface area contributed by atoms with E-state index in [1.165, 1.54) is 16.7 Å². The second kappa shape index (κ2) is 17.2. The maximum Gasteiger partial charge on any atom is 0.160 e. The first kappa shape index (κ1) is 39.7. The molecule has 3 nitrogen and oxygen atoms in total. The number of rotatable bonds is 9. The Kier molecular flexibility index (Phi) is 10.2. The van der Waals surface area contributed by atoms with Crippen molar-refractivity contribution in [3.05, 3.63) is 255 Å². The Morgan fingerprint density at radius 3 is 1.33 bits per heavy atom. The molecule has 67 heavy (non-hydrogen) atoms. The lowest BCUT2D eigenvalue weighted by molar-refractivity contribution is 0.669. The van der Waals surface area contributed by atoms with Crippen LogP contribution < -0.4 is 0 Å².